The van der Waals surface area contributed by atoms with Crippen LogP contribution in [0.3, 0.4) is 0 Å². The Morgan fingerprint density at radius 1 is 0.737 bits per heavy atom. The van der Waals surface area contributed by atoms with E-state index in [2.05, 4.69) is 90.7 Å². The van der Waals surface area contributed by atoms with Gasteiger partial charge in [0.05, 0.1) is 0 Å². The number of piperidine rings is 1. The number of phenolic OH excluding ortho intramolecular Hbond substituents is 1. The van der Waals surface area contributed by atoms with Crippen LogP contribution in [-0.4, -0.2) is 24.7 Å². The molecule has 4 aromatic rings. The number of rotatable bonds is 7. The molecule has 5 rings (SSSR count). The molecule has 1 fully saturated rings. The number of phenols is 1. The number of halogens is 1. The first kappa shape index (κ1) is 27.5. The molecule has 1 aliphatic heterocycles. The lowest BCUT2D eigenvalue weighted by Crippen LogP contribution is -2.36. The Kier molecular flexibility index (Phi) is 9.28. The van der Waals surface area contributed by atoms with Crippen LogP contribution in [-0.2, 0) is 0 Å². The molecule has 1 aliphatic rings. The third-order valence-corrected chi connectivity index (χ3v) is 7.62. The molecule has 0 aliphatic carbocycles. The maximum absolute atomic E-state index is 9.65. The van der Waals surface area contributed by atoms with E-state index in [9.17, 15) is 5.11 Å². The van der Waals surface area contributed by atoms with E-state index in [4.69, 9.17) is 5.73 Å². The quantitative estimate of drug-likeness (QED) is 0.240. The first-order valence-electron chi connectivity index (χ1n) is 13.4. The van der Waals surface area contributed by atoms with Crippen LogP contribution in [0.5, 0.6) is 5.75 Å². The number of nitrogens with two attached hydrogens (primary N) is 1. The number of aromatic hydroxyl groups is 1. The number of nitrogens with zero attached hydrogens (tertiary/aromatic N) is 1. The molecule has 0 saturated carbocycles. The third-order valence-electron chi connectivity index (χ3n) is 7.62. The summed E-state index contributed by atoms with van der Waals surface area (Å²) >= 11 is 0. The lowest BCUT2D eigenvalue weighted by Gasteiger charge is -2.33. The van der Waals surface area contributed by atoms with Crippen LogP contribution in [0, 0.1) is 5.92 Å². The van der Waals surface area contributed by atoms with Crippen LogP contribution < -0.4 is 10.6 Å². The summed E-state index contributed by atoms with van der Waals surface area (Å²) < 4.78 is 0. The molecule has 1 heterocycles. The van der Waals surface area contributed by atoms with E-state index in [1.165, 1.54) is 46.4 Å². The van der Waals surface area contributed by atoms with E-state index in [0.717, 1.165) is 37.2 Å². The molecule has 0 unspecified atom stereocenters. The Morgan fingerprint density at radius 3 is 1.79 bits per heavy atom. The highest BCUT2D eigenvalue weighted by Gasteiger charge is 2.19. The van der Waals surface area contributed by atoms with Crippen LogP contribution in [0.1, 0.15) is 42.9 Å². The van der Waals surface area contributed by atoms with Crippen molar-refractivity contribution in [1.29, 1.82) is 0 Å². The van der Waals surface area contributed by atoms with E-state index in [-0.39, 0.29) is 18.2 Å². The molecule has 0 aromatic heterocycles. The van der Waals surface area contributed by atoms with Crippen molar-refractivity contribution in [2.75, 3.05) is 24.5 Å². The first-order chi connectivity index (χ1) is 18.2. The summed E-state index contributed by atoms with van der Waals surface area (Å²) in [6.07, 6.45) is 3.28. The highest BCUT2D eigenvalue weighted by Crippen LogP contribution is 2.36. The minimum absolute atomic E-state index is 0. The number of allylic oxidation sites excluding steroid dienone is 1. The fourth-order valence-corrected chi connectivity index (χ4v) is 5.43. The van der Waals surface area contributed by atoms with Crippen molar-refractivity contribution >= 4 is 29.2 Å². The van der Waals surface area contributed by atoms with Crippen molar-refractivity contribution in [2.45, 2.75) is 26.2 Å². The topological polar surface area (TPSA) is 49.5 Å². The molecule has 4 heteroatoms. The molecule has 38 heavy (non-hydrogen) atoms. The van der Waals surface area contributed by atoms with Gasteiger partial charge in [-0.1, -0.05) is 85.8 Å². The average Bonchev–Trinajstić information content (AvgIpc) is 2.97. The van der Waals surface area contributed by atoms with Gasteiger partial charge in [-0.25, -0.2) is 0 Å². The summed E-state index contributed by atoms with van der Waals surface area (Å²) in [5.41, 5.74) is 15.7. The molecule has 0 radical (unpaired) electrons. The molecule has 196 valence electrons. The maximum Gasteiger partial charge on any atom is 0.115 e. The predicted octanol–water partition coefficient (Wildman–Crippen LogP) is 8.03. The van der Waals surface area contributed by atoms with Gasteiger partial charge in [0.15, 0.2) is 0 Å². The van der Waals surface area contributed by atoms with Gasteiger partial charge in [0.1, 0.15) is 5.75 Å². The largest absolute Gasteiger partial charge is 0.508 e. The zero-order valence-corrected chi connectivity index (χ0v) is 22.8. The summed E-state index contributed by atoms with van der Waals surface area (Å²) in [5.74, 6) is 0.945. The monoisotopic (exact) mass is 524 g/mol. The van der Waals surface area contributed by atoms with Gasteiger partial charge in [0.25, 0.3) is 0 Å². The van der Waals surface area contributed by atoms with Crippen LogP contribution >= 0.6 is 12.4 Å². The highest BCUT2D eigenvalue weighted by molar-refractivity contribution is 5.99. The van der Waals surface area contributed by atoms with Gasteiger partial charge in [0, 0.05) is 18.8 Å². The molecule has 3 N–H and O–H groups in total. The van der Waals surface area contributed by atoms with Gasteiger partial charge in [-0.2, -0.15) is 0 Å². The SMILES string of the molecule is CCC(=C(c1ccc(-c2ccc(O)cc2)cc1)c1ccc(N2CCC(CN)CC2)cc1)c1ccccc1.Cl. The van der Waals surface area contributed by atoms with Gasteiger partial charge in [-0.15, -0.1) is 12.4 Å². The van der Waals surface area contributed by atoms with Gasteiger partial charge < -0.3 is 15.7 Å². The molecule has 0 amide bonds. The predicted molar refractivity (Wildman–Crippen MR) is 164 cm³/mol. The molecule has 3 nitrogen and oxygen atoms in total. The Balaban J connectivity index is 0.00000336. The van der Waals surface area contributed by atoms with Crippen molar-refractivity contribution in [3.8, 4) is 16.9 Å². The summed E-state index contributed by atoms with van der Waals surface area (Å²) in [4.78, 5) is 2.49. The van der Waals surface area contributed by atoms with Crippen molar-refractivity contribution in [3.63, 3.8) is 0 Å². The Bertz CT molecular complexity index is 1320. The molecule has 4 aromatic carbocycles. The third kappa shape index (κ3) is 6.12. The summed E-state index contributed by atoms with van der Waals surface area (Å²) in [5, 5.41) is 9.65. The number of hydrogen-bond donors (Lipinski definition) is 2. The zero-order chi connectivity index (χ0) is 25.6. The molecule has 0 bridgehead atoms. The normalized spacial score (nSPS) is 14.5. The minimum atomic E-state index is 0. The first-order valence-corrected chi connectivity index (χ1v) is 13.4. The second-order valence-electron chi connectivity index (χ2n) is 9.91. The summed E-state index contributed by atoms with van der Waals surface area (Å²) in [7, 11) is 0. The zero-order valence-electron chi connectivity index (χ0n) is 22.0. The van der Waals surface area contributed by atoms with Crippen molar-refractivity contribution in [2.24, 2.45) is 11.7 Å². The number of benzene rings is 4. The standard InChI is InChI=1S/C34H36N2O.ClH/c1-2-33(28-6-4-3-5-7-28)34(29-10-8-26(9-11-29)27-14-18-32(37)19-15-27)30-12-16-31(17-13-30)36-22-20-25(24-35)21-23-36;/h3-19,25,37H,2,20-24,35H2,1H3;1H. The van der Waals surface area contributed by atoms with Crippen LogP contribution in [0.15, 0.2) is 103 Å². The summed E-state index contributed by atoms with van der Waals surface area (Å²) in [6.45, 7) is 5.19. The second kappa shape index (κ2) is 12.8. The lowest BCUT2D eigenvalue weighted by atomic mass is 9.87. The van der Waals surface area contributed by atoms with Gasteiger partial charge in [-0.3, -0.25) is 0 Å². The highest BCUT2D eigenvalue weighted by atomic mass is 35.5. The minimum Gasteiger partial charge on any atom is -0.508 e. The van der Waals surface area contributed by atoms with Crippen LogP contribution in [0.2, 0.25) is 0 Å². The van der Waals surface area contributed by atoms with E-state index in [1.807, 2.05) is 12.1 Å². The van der Waals surface area contributed by atoms with Crippen LogP contribution in [0.25, 0.3) is 22.3 Å². The molecular weight excluding hydrogens is 488 g/mol. The molecule has 1 saturated heterocycles. The van der Waals surface area contributed by atoms with E-state index < -0.39 is 0 Å². The van der Waals surface area contributed by atoms with Crippen LogP contribution in [0.4, 0.5) is 5.69 Å². The van der Waals surface area contributed by atoms with Gasteiger partial charge in [0.2, 0.25) is 0 Å². The fraction of sp³-hybridized carbons (Fsp3) is 0.235. The van der Waals surface area contributed by atoms with Crippen molar-refractivity contribution in [1.82, 2.24) is 0 Å². The Hall–Kier alpha value is -3.53. The lowest BCUT2D eigenvalue weighted by molar-refractivity contribution is 0.414. The van der Waals surface area contributed by atoms with Crippen molar-refractivity contribution < 1.29 is 5.11 Å². The van der Waals surface area contributed by atoms with E-state index >= 15 is 0 Å². The Morgan fingerprint density at radius 2 is 1.26 bits per heavy atom. The smallest absolute Gasteiger partial charge is 0.115 e. The van der Waals surface area contributed by atoms with E-state index in [0.29, 0.717) is 5.92 Å². The maximum atomic E-state index is 9.65. The molecular formula is C34H37ClN2O. The average molecular weight is 525 g/mol. The second-order valence-corrected chi connectivity index (χ2v) is 9.91. The molecule has 0 atom stereocenters. The molecule has 0 spiro atoms. The van der Waals surface area contributed by atoms with Crippen molar-refractivity contribution in [3.05, 3.63) is 120 Å². The number of hydrogen-bond acceptors (Lipinski definition) is 3. The number of anilines is 1. The van der Waals surface area contributed by atoms with E-state index in [1.54, 1.807) is 12.1 Å². The Labute approximate surface area is 233 Å². The summed E-state index contributed by atoms with van der Waals surface area (Å²) in [6, 6.07) is 36.0. The van der Waals surface area contributed by atoms with Gasteiger partial charge >= 0.3 is 0 Å². The van der Waals surface area contributed by atoms with Gasteiger partial charge in [-0.05, 0) is 95.0 Å². The fourth-order valence-electron chi connectivity index (χ4n) is 5.43.